The van der Waals surface area contributed by atoms with Gasteiger partial charge in [0.05, 0.1) is 25.3 Å². The van der Waals surface area contributed by atoms with E-state index in [0.29, 0.717) is 5.82 Å². The fraction of sp³-hybridized carbons (Fsp3) is 0.158. The number of methoxy groups -OCH3 is 2. The molecule has 3 rings (SSSR count). The van der Waals surface area contributed by atoms with Crippen molar-refractivity contribution in [2.75, 3.05) is 14.2 Å². The Morgan fingerprint density at radius 3 is 2.54 bits per heavy atom. The summed E-state index contributed by atoms with van der Waals surface area (Å²) in [7, 11) is 3.02. The van der Waals surface area contributed by atoms with Crippen LogP contribution in [0.5, 0.6) is 5.75 Å². The van der Waals surface area contributed by atoms with Crippen molar-refractivity contribution < 1.29 is 14.3 Å². The number of esters is 1. The first-order valence-electron chi connectivity index (χ1n) is 7.55. The predicted molar refractivity (Wildman–Crippen MR) is 93.7 cm³/mol. The van der Waals surface area contributed by atoms with Gasteiger partial charge in [-0.1, -0.05) is 30.3 Å². The summed E-state index contributed by atoms with van der Waals surface area (Å²) in [6, 6.07) is 15.4. The number of imidazole rings is 1. The topological polar surface area (TPSA) is 53.4 Å². The monoisotopic (exact) mass is 322 g/mol. The van der Waals surface area contributed by atoms with Gasteiger partial charge in [0.25, 0.3) is 0 Å². The molecule has 24 heavy (non-hydrogen) atoms. The van der Waals surface area contributed by atoms with Gasteiger partial charge in [0.15, 0.2) is 0 Å². The largest absolute Gasteiger partial charge is 0.497 e. The van der Waals surface area contributed by atoms with E-state index in [2.05, 4.69) is 4.98 Å². The Labute approximate surface area is 140 Å². The minimum absolute atomic E-state index is 0.124. The maximum Gasteiger partial charge on any atom is 0.325 e. The normalized spacial score (nSPS) is 11.1. The first-order chi connectivity index (χ1) is 11.7. The third-order valence-electron chi connectivity index (χ3n) is 3.74. The lowest BCUT2D eigenvalue weighted by molar-refractivity contribution is -0.141. The third kappa shape index (κ3) is 3.30. The van der Waals surface area contributed by atoms with Crippen LogP contribution < -0.4 is 4.74 Å². The molecule has 0 amide bonds. The number of carbonyl (C=O) groups excluding carboxylic acids is 1. The molecule has 0 unspecified atom stereocenters. The average molecular weight is 322 g/mol. The highest BCUT2D eigenvalue weighted by Crippen LogP contribution is 2.19. The SMILES string of the molecule is COC(=O)Cn1c(/C=C/c2ccc(OC)cc2)nc2ccccc21. The Morgan fingerprint density at radius 1 is 1.08 bits per heavy atom. The van der Waals surface area contributed by atoms with Crippen molar-refractivity contribution in [3.05, 3.63) is 59.9 Å². The molecular formula is C19H18N2O3. The maximum atomic E-state index is 11.7. The van der Waals surface area contributed by atoms with Crippen LogP contribution >= 0.6 is 0 Å². The van der Waals surface area contributed by atoms with E-state index in [4.69, 9.17) is 9.47 Å². The molecule has 0 radical (unpaired) electrons. The van der Waals surface area contributed by atoms with Gasteiger partial charge in [0.1, 0.15) is 18.1 Å². The predicted octanol–water partition coefficient (Wildman–Crippen LogP) is 3.39. The Kier molecular flexibility index (Phi) is 4.61. The van der Waals surface area contributed by atoms with Gasteiger partial charge in [-0.15, -0.1) is 0 Å². The lowest BCUT2D eigenvalue weighted by atomic mass is 10.2. The number of carbonyl (C=O) groups is 1. The number of ether oxygens (including phenoxy) is 2. The second-order valence-corrected chi connectivity index (χ2v) is 5.23. The fourth-order valence-electron chi connectivity index (χ4n) is 2.47. The molecule has 5 heteroatoms. The van der Waals surface area contributed by atoms with Crippen LogP contribution in [0.1, 0.15) is 11.4 Å². The Bertz CT molecular complexity index is 879. The van der Waals surface area contributed by atoms with Crippen LogP contribution in [-0.4, -0.2) is 29.7 Å². The second-order valence-electron chi connectivity index (χ2n) is 5.23. The molecule has 5 nitrogen and oxygen atoms in total. The van der Waals surface area contributed by atoms with E-state index in [-0.39, 0.29) is 12.5 Å². The molecule has 0 saturated heterocycles. The van der Waals surface area contributed by atoms with Crippen molar-refractivity contribution in [3.63, 3.8) is 0 Å². The number of nitrogens with zero attached hydrogens (tertiary/aromatic N) is 2. The lowest BCUT2D eigenvalue weighted by Crippen LogP contribution is -2.12. The molecule has 0 N–H and O–H groups in total. The summed E-state index contributed by atoms with van der Waals surface area (Å²) >= 11 is 0. The van der Waals surface area contributed by atoms with E-state index in [1.54, 1.807) is 7.11 Å². The summed E-state index contributed by atoms with van der Waals surface area (Å²) in [5.74, 6) is 1.21. The van der Waals surface area contributed by atoms with Crippen molar-refractivity contribution in [2.24, 2.45) is 0 Å². The van der Waals surface area contributed by atoms with Crippen LogP contribution in [0, 0.1) is 0 Å². The highest BCUT2D eigenvalue weighted by Gasteiger charge is 2.11. The van der Waals surface area contributed by atoms with Crippen molar-refractivity contribution in [3.8, 4) is 5.75 Å². The summed E-state index contributed by atoms with van der Waals surface area (Å²) in [6.45, 7) is 0.124. The summed E-state index contributed by atoms with van der Waals surface area (Å²) in [5, 5.41) is 0. The molecule has 0 spiro atoms. The van der Waals surface area contributed by atoms with Gasteiger partial charge >= 0.3 is 5.97 Å². The number of aromatic nitrogens is 2. The number of benzene rings is 2. The van der Waals surface area contributed by atoms with Crippen LogP contribution in [-0.2, 0) is 16.1 Å². The Hall–Kier alpha value is -3.08. The zero-order valence-corrected chi connectivity index (χ0v) is 13.6. The van der Waals surface area contributed by atoms with Gasteiger partial charge in [0.2, 0.25) is 0 Å². The first-order valence-corrected chi connectivity index (χ1v) is 7.55. The maximum absolute atomic E-state index is 11.7. The van der Waals surface area contributed by atoms with Gasteiger partial charge in [-0.2, -0.15) is 0 Å². The Morgan fingerprint density at radius 2 is 1.83 bits per heavy atom. The minimum Gasteiger partial charge on any atom is -0.497 e. The van der Waals surface area contributed by atoms with Crippen LogP contribution in [0.2, 0.25) is 0 Å². The van der Waals surface area contributed by atoms with E-state index < -0.39 is 0 Å². The highest BCUT2D eigenvalue weighted by atomic mass is 16.5. The molecule has 3 aromatic rings. The summed E-state index contributed by atoms with van der Waals surface area (Å²) in [4.78, 5) is 16.3. The average Bonchev–Trinajstić information content (AvgIpc) is 2.98. The van der Waals surface area contributed by atoms with Crippen molar-refractivity contribution in [2.45, 2.75) is 6.54 Å². The van der Waals surface area contributed by atoms with Crippen molar-refractivity contribution >= 4 is 29.2 Å². The lowest BCUT2D eigenvalue weighted by Gasteiger charge is -2.05. The zero-order chi connectivity index (χ0) is 16.9. The molecule has 0 aliphatic heterocycles. The van der Waals surface area contributed by atoms with Crippen LogP contribution in [0.4, 0.5) is 0 Å². The smallest absolute Gasteiger partial charge is 0.325 e. The van der Waals surface area contributed by atoms with Gasteiger partial charge in [-0.05, 0) is 35.9 Å². The van der Waals surface area contributed by atoms with Crippen LogP contribution in [0.25, 0.3) is 23.2 Å². The fourth-order valence-corrected chi connectivity index (χ4v) is 2.47. The zero-order valence-electron chi connectivity index (χ0n) is 13.6. The standard InChI is InChI=1S/C19H18N2O3/c1-23-15-10-7-14(8-11-15)9-12-18-20-16-5-3-4-6-17(16)21(18)13-19(22)24-2/h3-12H,13H2,1-2H3/b12-9+. The number of hydrogen-bond acceptors (Lipinski definition) is 4. The van der Waals surface area contributed by atoms with Crippen molar-refractivity contribution in [1.82, 2.24) is 9.55 Å². The van der Waals surface area contributed by atoms with E-state index in [9.17, 15) is 4.79 Å². The van der Waals surface area contributed by atoms with Crippen molar-refractivity contribution in [1.29, 1.82) is 0 Å². The quantitative estimate of drug-likeness (QED) is 0.676. The van der Waals surface area contributed by atoms with Gasteiger partial charge in [-0.25, -0.2) is 4.98 Å². The summed E-state index contributed by atoms with van der Waals surface area (Å²) in [5.41, 5.74) is 2.76. The number of rotatable bonds is 5. The molecule has 1 aromatic heterocycles. The molecule has 1 heterocycles. The van der Waals surface area contributed by atoms with E-state index in [1.807, 2.05) is 65.3 Å². The number of fused-ring (bicyclic) bond motifs is 1. The van der Waals surface area contributed by atoms with E-state index in [1.165, 1.54) is 7.11 Å². The molecule has 122 valence electrons. The van der Waals surface area contributed by atoms with Crippen LogP contribution in [0.3, 0.4) is 0 Å². The molecule has 0 bridgehead atoms. The van der Waals surface area contributed by atoms with E-state index in [0.717, 1.165) is 22.3 Å². The summed E-state index contributed by atoms with van der Waals surface area (Å²) < 4.78 is 11.8. The number of hydrogen-bond donors (Lipinski definition) is 0. The van der Waals surface area contributed by atoms with Gasteiger partial charge < -0.3 is 14.0 Å². The molecule has 0 saturated carbocycles. The second kappa shape index (κ2) is 7.00. The van der Waals surface area contributed by atoms with E-state index >= 15 is 0 Å². The van der Waals surface area contributed by atoms with Crippen LogP contribution in [0.15, 0.2) is 48.5 Å². The first kappa shape index (κ1) is 15.8. The highest BCUT2D eigenvalue weighted by molar-refractivity contribution is 5.82. The third-order valence-corrected chi connectivity index (χ3v) is 3.74. The molecule has 2 aromatic carbocycles. The molecular weight excluding hydrogens is 304 g/mol. The van der Waals surface area contributed by atoms with Gasteiger partial charge in [0, 0.05) is 0 Å². The van der Waals surface area contributed by atoms with Gasteiger partial charge in [-0.3, -0.25) is 4.79 Å². The Balaban J connectivity index is 1.96. The molecule has 0 atom stereocenters. The molecule has 0 aliphatic carbocycles. The summed E-state index contributed by atoms with van der Waals surface area (Å²) in [6.07, 6.45) is 3.85. The molecule has 0 fully saturated rings. The molecule has 0 aliphatic rings. The minimum atomic E-state index is -0.308. The number of para-hydroxylation sites is 2.